The number of ether oxygens (including phenoxy) is 2. The molecular formula is C22H24F3NO3. The molecule has 1 fully saturated rings. The van der Waals surface area contributed by atoms with Crippen molar-refractivity contribution in [3.05, 3.63) is 59.2 Å². The number of methoxy groups -OCH3 is 2. The van der Waals surface area contributed by atoms with Crippen LogP contribution in [0.2, 0.25) is 0 Å². The zero-order chi connectivity index (χ0) is 21.0. The van der Waals surface area contributed by atoms with Crippen LogP contribution >= 0.6 is 0 Å². The van der Waals surface area contributed by atoms with E-state index in [0.717, 1.165) is 24.6 Å². The van der Waals surface area contributed by atoms with E-state index in [9.17, 15) is 18.0 Å². The molecule has 0 aliphatic carbocycles. The van der Waals surface area contributed by atoms with Gasteiger partial charge >= 0.3 is 12.1 Å². The third kappa shape index (κ3) is 4.79. The first-order valence-corrected chi connectivity index (χ1v) is 9.44. The monoisotopic (exact) mass is 407 g/mol. The first-order valence-electron chi connectivity index (χ1n) is 9.44. The summed E-state index contributed by atoms with van der Waals surface area (Å²) in [5.74, 6) is -0.122. The van der Waals surface area contributed by atoms with Gasteiger partial charge in [-0.3, -0.25) is 0 Å². The summed E-state index contributed by atoms with van der Waals surface area (Å²) >= 11 is 0. The van der Waals surface area contributed by atoms with E-state index in [1.807, 2.05) is 0 Å². The smallest absolute Gasteiger partial charge is 0.416 e. The summed E-state index contributed by atoms with van der Waals surface area (Å²) in [5.41, 5.74) is 1.70. The summed E-state index contributed by atoms with van der Waals surface area (Å²) in [6, 6.07) is 10.4. The van der Waals surface area contributed by atoms with Gasteiger partial charge in [-0.1, -0.05) is 18.2 Å². The number of esters is 1. The summed E-state index contributed by atoms with van der Waals surface area (Å²) in [6.07, 6.45) is -3.60. The highest BCUT2D eigenvalue weighted by atomic mass is 19.4. The van der Waals surface area contributed by atoms with Gasteiger partial charge in [0.1, 0.15) is 0 Å². The lowest BCUT2D eigenvalue weighted by molar-refractivity contribution is -0.137. The third-order valence-corrected chi connectivity index (χ3v) is 5.43. The summed E-state index contributed by atoms with van der Waals surface area (Å²) < 4.78 is 50.0. The molecule has 7 heteroatoms. The Morgan fingerprint density at radius 2 is 1.83 bits per heavy atom. The Labute approximate surface area is 168 Å². The molecule has 0 spiro atoms. The fourth-order valence-electron chi connectivity index (χ4n) is 3.88. The Hall–Kier alpha value is -2.38. The van der Waals surface area contributed by atoms with E-state index in [1.54, 1.807) is 37.4 Å². The van der Waals surface area contributed by atoms with Crippen molar-refractivity contribution < 1.29 is 27.4 Å². The predicted octanol–water partition coefficient (Wildman–Crippen LogP) is 4.50. The Balaban J connectivity index is 2.04. The van der Waals surface area contributed by atoms with E-state index in [0.29, 0.717) is 29.8 Å². The minimum absolute atomic E-state index is 0.0858. The highest BCUT2D eigenvalue weighted by Gasteiger charge is 2.34. The van der Waals surface area contributed by atoms with Crippen LogP contribution in [0, 0.1) is 5.92 Å². The van der Waals surface area contributed by atoms with Crippen molar-refractivity contribution in [1.29, 1.82) is 0 Å². The Bertz CT molecular complexity index is 849. The van der Waals surface area contributed by atoms with Gasteiger partial charge in [0, 0.05) is 26.2 Å². The van der Waals surface area contributed by atoms with Crippen LogP contribution in [0.1, 0.15) is 33.8 Å². The normalized spacial score (nSPS) is 19.3. The van der Waals surface area contributed by atoms with Gasteiger partial charge in [-0.25, -0.2) is 4.79 Å². The number of benzene rings is 2. The van der Waals surface area contributed by atoms with E-state index < -0.39 is 17.7 Å². The quantitative estimate of drug-likeness (QED) is 0.717. The van der Waals surface area contributed by atoms with Crippen molar-refractivity contribution in [1.82, 2.24) is 5.32 Å². The van der Waals surface area contributed by atoms with Crippen LogP contribution in [0.25, 0.3) is 11.1 Å². The van der Waals surface area contributed by atoms with E-state index in [2.05, 4.69) is 5.32 Å². The van der Waals surface area contributed by atoms with Crippen molar-refractivity contribution in [2.75, 3.05) is 33.9 Å². The van der Waals surface area contributed by atoms with Gasteiger partial charge in [-0.15, -0.1) is 0 Å². The number of carbonyl (C=O) groups is 1. The van der Waals surface area contributed by atoms with Crippen LogP contribution in [-0.2, 0) is 15.7 Å². The molecule has 0 bridgehead atoms. The molecule has 156 valence electrons. The molecule has 2 atom stereocenters. The summed E-state index contributed by atoms with van der Waals surface area (Å²) in [7, 11) is 2.93. The number of hydrogen-bond donors (Lipinski definition) is 1. The Kier molecular flexibility index (Phi) is 6.59. The first kappa shape index (κ1) is 21.3. The zero-order valence-corrected chi connectivity index (χ0v) is 16.4. The standard InChI is InChI=1S/C22H24F3NO3/c1-28-10-9-16-12-26-13-20(16)18-8-7-17(22(23,24)25)11-19(18)14-3-5-15(6-4-14)21(27)29-2/h3-8,11,16,20,26H,9-10,12-13H2,1-2H3/t16-,20-/m0/s1. The fourth-order valence-corrected chi connectivity index (χ4v) is 3.88. The summed E-state index contributed by atoms with van der Waals surface area (Å²) in [5, 5.41) is 3.35. The van der Waals surface area contributed by atoms with E-state index in [-0.39, 0.29) is 11.8 Å². The maximum Gasteiger partial charge on any atom is 0.416 e. The van der Waals surface area contributed by atoms with Crippen LogP contribution < -0.4 is 5.32 Å². The molecule has 1 N–H and O–H groups in total. The SMILES string of the molecule is COCC[C@H]1CNC[C@@H]1c1ccc(C(F)(F)F)cc1-c1ccc(C(=O)OC)cc1. The van der Waals surface area contributed by atoms with Gasteiger partial charge in [-0.05, 0) is 59.8 Å². The molecule has 29 heavy (non-hydrogen) atoms. The van der Waals surface area contributed by atoms with Crippen LogP contribution in [0.4, 0.5) is 13.2 Å². The minimum Gasteiger partial charge on any atom is -0.465 e. The molecule has 1 aliphatic rings. The molecule has 1 saturated heterocycles. The fraction of sp³-hybridized carbons (Fsp3) is 0.409. The molecule has 1 heterocycles. The number of rotatable bonds is 6. The Morgan fingerprint density at radius 1 is 1.10 bits per heavy atom. The van der Waals surface area contributed by atoms with E-state index >= 15 is 0 Å². The molecule has 0 radical (unpaired) electrons. The summed E-state index contributed by atoms with van der Waals surface area (Å²) in [4.78, 5) is 11.7. The van der Waals surface area contributed by atoms with Gasteiger partial charge in [-0.2, -0.15) is 13.2 Å². The van der Waals surface area contributed by atoms with Crippen molar-refractivity contribution in [2.24, 2.45) is 5.92 Å². The highest BCUT2D eigenvalue weighted by Crippen LogP contribution is 2.40. The van der Waals surface area contributed by atoms with E-state index in [1.165, 1.54) is 13.2 Å². The first-order chi connectivity index (χ1) is 13.8. The molecule has 3 rings (SSSR count). The van der Waals surface area contributed by atoms with Crippen molar-refractivity contribution in [3.8, 4) is 11.1 Å². The largest absolute Gasteiger partial charge is 0.465 e. The molecule has 2 aromatic carbocycles. The number of hydrogen-bond acceptors (Lipinski definition) is 4. The topological polar surface area (TPSA) is 47.6 Å². The number of nitrogens with one attached hydrogen (secondary N) is 1. The number of alkyl halides is 3. The number of halogens is 3. The van der Waals surface area contributed by atoms with Crippen molar-refractivity contribution in [2.45, 2.75) is 18.5 Å². The van der Waals surface area contributed by atoms with Gasteiger partial charge in [0.25, 0.3) is 0 Å². The second kappa shape index (κ2) is 8.97. The summed E-state index contributed by atoms with van der Waals surface area (Å²) in [6.45, 7) is 2.11. The molecule has 0 amide bonds. The Morgan fingerprint density at radius 3 is 2.45 bits per heavy atom. The average Bonchev–Trinajstić information content (AvgIpc) is 3.19. The van der Waals surface area contributed by atoms with Gasteiger partial charge in [0.05, 0.1) is 18.2 Å². The molecular weight excluding hydrogens is 383 g/mol. The predicted molar refractivity (Wildman–Crippen MR) is 104 cm³/mol. The molecule has 4 nitrogen and oxygen atoms in total. The van der Waals surface area contributed by atoms with Gasteiger partial charge in [0.15, 0.2) is 0 Å². The van der Waals surface area contributed by atoms with Crippen molar-refractivity contribution in [3.63, 3.8) is 0 Å². The maximum atomic E-state index is 13.4. The average molecular weight is 407 g/mol. The molecule has 0 saturated carbocycles. The molecule has 2 aromatic rings. The second-order valence-electron chi connectivity index (χ2n) is 7.18. The molecule has 0 aromatic heterocycles. The highest BCUT2D eigenvalue weighted by molar-refractivity contribution is 5.90. The lowest BCUT2D eigenvalue weighted by Gasteiger charge is -2.23. The van der Waals surface area contributed by atoms with Crippen LogP contribution in [0.5, 0.6) is 0 Å². The minimum atomic E-state index is -4.43. The van der Waals surface area contributed by atoms with Crippen LogP contribution in [-0.4, -0.2) is 39.9 Å². The maximum absolute atomic E-state index is 13.4. The molecule has 1 aliphatic heterocycles. The second-order valence-corrected chi connectivity index (χ2v) is 7.18. The van der Waals surface area contributed by atoms with E-state index in [4.69, 9.17) is 9.47 Å². The number of carbonyl (C=O) groups excluding carboxylic acids is 1. The molecule has 0 unspecified atom stereocenters. The van der Waals surface area contributed by atoms with Crippen LogP contribution in [0.15, 0.2) is 42.5 Å². The lowest BCUT2D eigenvalue weighted by atomic mass is 9.82. The zero-order valence-electron chi connectivity index (χ0n) is 16.4. The third-order valence-electron chi connectivity index (χ3n) is 5.43. The van der Waals surface area contributed by atoms with Gasteiger partial charge < -0.3 is 14.8 Å². The lowest BCUT2D eigenvalue weighted by Crippen LogP contribution is -2.15. The van der Waals surface area contributed by atoms with Gasteiger partial charge in [0.2, 0.25) is 0 Å². The van der Waals surface area contributed by atoms with Crippen molar-refractivity contribution >= 4 is 5.97 Å². The van der Waals surface area contributed by atoms with Crippen LogP contribution in [0.3, 0.4) is 0 Å².